The molecule has 1 aromatic rings. The first kappa shape index (κ1) is 17.5. The zero-order valence-corrected chi connectivity index (χ0v) is 15.2. The highest BCUT2D eigenvalue weighted by Crippen LogP contribution is 2.41. The van der Waals surface area contributed by atoms with E-state index in [1.165, 1.54) is 25.3 Å². The third kappa shape index (κ3) is 2.91. The molecule has 1 aromatic carbocycles. The van der Waals surface area contributed by atoms with E-state index in [1.54, 1.807) is 12.1 Å². The van der Waals surface area contributed by atoms with Gasteiger partial charge in [0.15, 0.2) is 0 Å². The van der Waals surface area contributed by atoms with Crippen molar-refractivity contribution >= 4 is 5.91 Å². The molecule has 2 heterocycles. The summed E-state index contributed by atoms with van der Waals surface area (Å²) in [5.41, 5.74) is 0.615. The monoisotopic (exact) mass is 355 g/mol. The maximum Gasteiger partial charge on any atom is 0.243 e. The maximum absolute atomic E-state index is 13.6. The Morgan fingerprint density at radius 2 is 1.96 bits per heavy atom. The van der Waals surface area contributed by atoms with Crippen molar-refractivity contribution in [1.82, 2.24) is 9.80 Å². The number of nitrogens with zero attached hydrogens (tertiary/aromatic N) is 3. The molecule has 0 radical (unpaired) electrons. The van der Waals surface area contributed by atoms with Gasteiger partial charge in [0.05, 0.1) is 5.56 Å². The molecule has 1 amide bonds. The third-order valence-corrected chi connectivity index (χ3v) is 6.59. The van der Waals surface area contributed by atoms with Gasteiger partial charge in [-0.1, -0.05) is 25.3 Å². The van der Waals surface area contributed by atoms with Crippen molar-refractivity contribution in [2.75, 3.05) is 13.1 Å². The molecular formula is C21H26FN3O. The highest BCUT2D eigenvalue weighted by atomic mass is 19.1. The van der Waals surface area contributed by atoms with Crippen LogP contribution < -0.4 is 0 Å². The van der Waals surface area contributed by atoms with Crippen LogP contribution in [0.15, 0.2) is 18.2 Å². The second-order valence-corrected chi connectivity index (χ2v) is 8.02. The fraction of sp³-hybridized carbons (Fsp3) is 0.619. The van der Waals surface area contributed by atoms with Gasteiger partial charge in [-0.3, -0.25) is 9.69 Å². The number of hydrogen-bond acceptors (Lipinski definition) is 3. The van der Waals surface area contributed by atoms with E-state index in [4.69, 9.17) is 5.26 Å². The molecule has 5 heteroatoms. The minimum Gasteiger partial charge on any atom is -0.338 e. The lowest BCUT2D eigenvalue weighted by Crippen LogP contribution is -2.51. The lowest BCUT2D eigenvalue weighted by molar-refractivity contribution is -0.139. The van der Waals surface area contributed by atoms with Gasteiger partial charge in [-0.25, -0.2) is 4.39 Å². The van der Waals surface area contributed by atoms with Crippen LogP contribution in [0.4, 0.5) is 4.39 Å². The lowest BCUT2D eigenvalue weighted by Gasteiger charge is -2.36. The van der Waals surface area contributed by atoms with Crippen LogP contribution in [0.1, 0.15) is 62.5 Å². The number of carbonyl (C=O) groups is 1. The van der Waals surface area contributed by atoms with Crippen molar-refractivity contribution in [2.24, 2.45) is 0 Å². The molecule has 2 aliphatic heterocycles. The third-order valence-electron chi connectivity index (χ3n) is 6.59. The second-order valence-electron chi connectivity index (χ2n) is 8.02. The van der Waals surface area contributed by atoms with Gasteiger partial charge in [0.2, 0.25) is 5.91 Å². The number of hydrogen-bond donors (Lipinski definition) is 0. The molecular weight excluding hydrogens is 329 g/mol. The predicted molar refractivity (Wildman–Crippen MR) is 96.7 cm³/mol. The van der Waals surface area contributed by atoms with Crippen molar-refractivity contribution in [2.45, 2.75) is 69.5 Å². The van der Waals surface area contributed by atoms with E-state index >= 15 is 0 Å². The van der Waals surface area contributed by atoms with E-state index in [0.29, 0.717) is 18.5 Å². The number of rotatable bonds is 3. The minimum absolute atomic E-state index is 0.0809. The van der Waals surface area contributed by atoms with Crippen LogP contribution in [-0.2, 0) is 11.3 Å². The van der Waals surface area contributed by atoms with Crippen LogP contribution >= 0.6 is 0 Å². The first-order valence-corrected chi connectivity index (χ1v) is 9.89. The molecule has 0 aromatic heterocycles. The Balaban J connectivity index is 1.53. The summed E-state index contributed by atoms with van der Waals surface area (Å²) in [7, 11) is 0. The SMILES string of the molecule is N#Cc1cc(CN2CCCC23CCN(C2CCCCC2)C3=O)ccc1F. The Labute approximate surface area is 154 Å². The molecule has 4 nitrogen and oxygen atoms in total. The average molecular weight is 355 g/mol. The maximum atomic E-state index is 13.6. The van der Waals surface area contributed by atoms with Gasteiger partial charge in [0, 0.05) is 19.1 Å². The van der Waals surface area contributed by atoms with Crippen molar-refractivity contribution in [3.63, 3.8) is 0 Å². The molecule has 4 rings (SSSR count). The number of nitriles is 1. The summed E-state index contributed by atoms with van der Waals surface area (Å²) in [4.78, 5) is 17.8. The smallest absolute Gasteiger partial charge is 0.243 e. The normalized spacial score (nSPS) is 27.4. The minimum atomic E-state index is -0.479. The number of likely N-dealkylation sites (tertiary alicyclic amines) is 2. The molecule has 26 heavy (non-hydrogen) atoms. The largest absolute Gasteiger partial charge is 0.338 e. The van der Waals surface area contributed by atoms with E-state index < -0.39 is 5.82 Å². The van der Waals surface area contributed by atoms with Gasteiger partial charge >= 0.3 is 0 Å². The standard InChI is InChI=1S/C21H26FN3O/c22-19-8-7-16(13-17(19)14-23)15-24-11-4-9-21(24)10-12-25(20(21)26)18-5-2-1-3-6-18/h7-8,13,18H,1-6,9-12,15H2. The molecule has 0 bridgehead atoms. The molecule has 1 aliphatic carbocycles. The number of benzene rings is 1. The molecule has 1 unspecified atom stereocenters. The molecule has 3 fully saturated rings. The number of halogens is 1. The van der Waals surface area contributed by atoms with Gasteiger partial charge in [-0.15, -0.1) is 0 Å². The van der Waals surface area contributed by atoms with Crippen molar-refractivity contribution in [3.05, 3.63) is 35.1 Å². The Hall–Kier alpha value is -1.93. The van der Waals surface area contributed by atoms with Crippen molar-refractivity contribution in [3.8, 4) is 6.07 Å². The Bertz CT molecular complexity index is 737. The first-order chi connectivity index (χ1) is 12.6. The Morgan fingerprint density at radius 3 is 2.73 bits per heavy atom. The number of amides is 1. The van der Waals surface area contributed by atoms with Crippen molar-refractivity contribution in [1.29, 1.82) is 5.26 Å². The quantitative estimate of drug-likeness (QED) is 0.832. The van der Waals surface area contributed by atoms with Crippen LogP contribution in [-0.4, -0.2) is 40.4 Å². The fourth-order valence-electron chi connectivity index (χ4n) is 5.19. The zero-order valence-electron chi connectivity index (χ0n) is 15.2. The summed E-state index contributed by atoms with van der Waals surface area (Å²) in [6, 6.07) is 7.06. The molecule has 1 atom stereocenters. The molecule has 0 N–H and O–H groups in total. The lowest BCUT2D eigenvalue weighted by atomic mass is 9.92. The summed E-state index contributed by atoms with van der Waals surface area (Å²) in [6.07, 6.45) is 8.89. The zero-order chi connectivity index (χ0) is 18.1. The van der Waals surface area contributed by atoms with E-state index in [2.05, 4.69) is 9.80 Å². The predicted octanol–water partition coefficient (Wildman–Crippen LogP) is 3.60. The fourth-order valence-corrected chi connectivity index (χ4v) is 5.19. The molecule has 138 valence electrons. The average Bonchev–Trinajstić information content (AvgIpc) is 3.22. The van der Waals surface area contributed by atoms with E-state index in [9.17, 15) is 9.18 Å². The highest BCUT2D eigenvalue weighted by molar-refractivity contribution is 5.89. The van der Waals surface area contributed by atoms with E-state index in [-0.39, 0.29) is 11.1 Å². The van der Waals surface area contributed by atoms with E-state index in [0.717, 1.165) is 50.8 Å². The van der Waals surface area contributed by atoms with Gasteiger partial charge < -0.3 is 4.90 Å². The van der Waals surface area contributed by atoms with Gasteiger partial charge in [-0.2, -0.15) is 5.26 Å². The highest BCUT2D eigenvalue weighted by Gasteiger charge is 2.54. The van der Waals surface area contributed by atoms with Crippen LogP contribution in [0.5, 0.6) is 0 Å². The van der Waals surface area contributed by atoms with Gasteiger partial charge in [0.1, 0.15) is 17.4 Å². The van der Waals surface area contributed by atoms with Crippen LogP contribution in [0.25, 0.3) is 0 Å². The Morgan fingerprint density at radius 1 is 1.15 bits per heavy atom. The second kappa shape index (κ2) is 7.00. The molecule has 1 spiro atoms. The summed E-state index contributed by atoms with van der Waals surface area (Å²) < 4.78 is 13.6. The summed E-state index contributed by atoms with van der Waals surface area (Å²) in [5, 5.41) is 9.07. The molecule has 3 aliphatic rings. The molecule has 1 saturated carbocycles. The summed E-state index contributed by atoms with van der Waals surface area (Å²) in [6.45, 7) is 2.37. The first-order valence-electron chi connectivity index (χ1n) is 9.89. The van der Waals surface area contributed by atoms with Gasteiger partial charge in [-0.05, 0) is 56.3 Å². The topological polar surface area (TPSA) is 47.3 Å². The van der Waals surface area contributed by atoms with Crippen LogP contribution in [0.3, 0.4) is 0 Å². The Kier molecular flexibility index (Phi) is 4.71. The van der Waals surface area contributed by atoms with Crippen LogP contribution in [0.2, 0.25) is 0 Å². The van der Waals surface area contributed by atoms with Crippen molar-refractivity contribution < 1.29 is 9.18 Å². The van der Waals surface area contributed by atoms with E-state index in [1.807, 2.05) is 6.07 Å². The molecule has 2 saturated heterocycles. The van der Waals surface area contributed by atoms with Gasteiger partial charge in [0.25, 0.3) is 0 Å². The number of carbonyl (C=O) groups excluding carboxylic acids is 1. The summed E-state index contributed by atoms with van der Waals surface area (Å²) >= 11 is 0. The van der Waals surface area contributed by atoms with Crippen LogP contribution in [0, 0.1) is 17.1 Å². The summed E-state index contributed by atoms with van der Waals surface area (Å²) in [5.74, 6) is -0.169.